The highest BCUT2D eigenvalue weighted by Gasteiger charge is 2.11. The van der Waals surface area contributed by atoms with Gasteiger partial charge in [-0.05, 0) is 24.6 Å². The fraction of sp³-hybridized carbons (Fsp3) is 0.625. The largest absolute Gasteiger partial charge is 0.273 e. The van der Waals surface area contributed by atoms with Crippen LogP contribution in [0.2, 0.25) is 0 Å². The van der Waals surface area contributed by atoms with Gasteiger partial charge < -0.3 is 0 Å². The molecule has 0 amide bonds. The van der Waals surface area contributed by atoms with E-state index in [1.165, 1.54) is 5.57 Å². The lowest BCUT2D eigenvalue weighted by Gasteiger charge is -2.17. The molecule has 0 aliphatic carbocycles. The minimum Gasteiger partial charge on any atom is -0.273 e. The van der Waals surface area contributed by atoms with Crippen LogP contribution in [0.1, 0.15) is 27.7 Å². The van der Waals surface area contributed by atoms with Gasteiger partial charge in [-0.25, -0.2) is 0 Å². The summed E-state index contributed by atoms with van der Waals surface area (Å²) in [6, 6.07) is 0. The molecule has 0 spiro atoms. The van der Waals surface area contributed by atoms with Crippen LogP contribution in [0.5, 0.6) is 0 Å². The van der Waals surface area contributed by atoms with Crippen molar-refractivity contribution in [2.45, 2.75) is 27.7 Å². The van der Waals surface area contributed by atoms with Crippen LogP contribution in [0, 0.1) is 5.41 Å². The van der Waals surface area contributed by atoms with Gasteiger partial charge in [0, 0.05) is 6.20 Å². The Kier molecular flexibility index (Phi) is 2.63. The maximum absolute atomic E-state index is 3.69. The molecule has 1 nitrogen and oxygen atoms in total. The maximum Gasteiger partial charge on any atom is 0.0255 e. The van der Waals surface area contributed by atoms with E-state index >= 15 is 0 Å². The molecule has 0 bridgehead atoms. The molecular weight excluding hydrogens is 110 g/mol. The average Bonchev–Trinajstić information content (AvgIpc) is 1.64. The standard InChI is InChI=1S/C8H15N/c1-7(6-9-5)8(2,3)4/h6H,5H2,1-4H3. The van der Waals surface area contributed by atoms with E-state index in [1.807, 2.05) is 0 Å². The SMILES string of the molecule is C=NC=C(C)C(C)(C)C. The predicted molar refractivity (Wildman–Crippen MR) is 42.8 cm³/mol. The van der Waals surface area contributed by atoms with Crippen molar-refractivity contribution in [3.63, 3.8) is 0 Å². The van der Waals surface area contributed by atoms with Gasteiger partial charge in [0.15, 0.2) is 0 Å². The molecule has 0 aliphatic heterocycles. The smallest absolute Gasteiger partial charge is 0.0255 e. The van der Waals surface area contributed by atoms with Gasteiger partial charge in [0.05, 0.1) is 0 Å². The zero-order chi connectivity index (χ0) is 7.49. The lowest BCUT2D eigenvalue weighted by atomic mass is 9.88. The minimum atomic E-state index is 0.237. The van der Waals surface area contributed by atoms with E-state index in [1.54, 1.807) is 6.20 Å². The number of hydrogen-bond acceptors (Lipinski definition) is 1. The number of hydrogen-bond donors (Lipinski definition) is 0. The van der Waals surface area contributed by atoms with Crippen LogP contribution in [-0.2, 0) is 0 Å². The summed E-state index contributed by atoms with van der Waals surface area (Å²) in [6.45, 7) is 11.9. The van der Waals surface area contributed by atoms with Gasteiger partial charge in [-0.1, -0.05) is 20.8 Å². The van der Waals surface area contributed by atoms with E-state index < -0.39 is 0 Å². The van der Waals surface area contributed by atoms with Gasteiger partial charge in [0.2, 0.25) is 0 Å². The number of rotatable bonds is 1. The molecule has 1 heteroatoms. The fourth-order valence-electron chi connectivity index (χ4n) is 0.331. The second kappa shape index (κ2) is 2.81. The van der Waals surface area contributed by atoms with Gasteiger partial charge in [0.25, 0.3) is 0 Å². The molecule has 0 saturated carbocycles. The van der Waals surface area contributed by atoms with Crippen LogP contribution in [0.25, 0.3) is 0 Å². The van der Waals surface area contributed by atoms with Crippen LogP contribution in [0.4, 0.5) is 0 Å². The monoisotopic (exact) mass is 125 g/mol. The van der Waals surface area contributed by atoms with Crippen molar-refractivity contribution in [3.8, 4) is 0 Å². The molecule has 0 fully saturated rings. The Morgan fingerprint density at radius 2 is 1.89 bits per heavy atom. The van der Waals surface area contributed by atoms with Crippen molar-refractivity contribution < 1.29 is 0 Å². The quantitative estimate of drug-likeness (QED) is 0.478. The van der Waals surface area contributed by atoms with Crippen molar-refractivity contribution in [3.05, 3.63) is 11.8 Å². The topological polar surface area (TPSA) is 12.4 Å². The lowest BCUT2D eigenvalue weighted by molar-refractivity contribution is 0.503. The Bertz CT molecular complexity index is 126. The van der Waals surface area contributed by atoms with E-state index in [-0.39, 0.29) is 5.41 Å². The molecule has 9 heavy (non-hydrogen) atoms. The Labute approximate surface area is 57.5 Å². The van der Waals surface area contributed by atoms with Crippen molar-refractivity contribution in [1.29, 1.82) is 0 Å². The first-order chi connectivity index (χ1) is 3.98. The van der Waals surface area contributed by atoms with Crippen LogP contribution in [0.3, 0.4) is 0 Å². The molecule has 0 saturated heterocycles. The van der Waals surface area contributed by atoms with E-state index in [4.69, 9.17) is 0 Å². The summed E-state index contributed by atoms with van der Waals surface area (Å²) in [4.78, 5) is 3.69. The first kappa shape index (κ1) is 8.41. The van der Waals surface area contributed by atoms with Gasteiger partial charge in [-0.15, -0.1) is 0 Å². The highest BCUT2D eigenvalue weighted by Crippen LogP contribution is 2.23. The molecule has 0 unspecified atom stereocenters. The summed E-state index contributed by atoms with van der Waals surface area (Å²) in [6.07, 6.45) is 1.81. The number of allylic oxidation sites excluding steroid dienone is 1. The van der Waals surface area contributed by atoms with Crippen LogP contribution in [0.15, 0.2) is 16.8 Å². The molecule has 0 heterocycles. The second-order valence-corrected chi connectivity index (χ2v) is 3.24. The predicted octanol–water partition coefficient (Wildman–Crippen LogP) is 2.64. The molecule has 0 rings (SSSR count). The third-order valence-corrected chi connectivity index (χ3v) is 1.47. The van der Waals surface area contributed by atoms with Gasteiger partial charge in [0.1, 0.15) is 0 Å². The molecule has 0 atom stereocenters. The highest BCUT2D eigenvalue weighted by atomic mass is 14.6. The minimum absolute atomic E-state index is 0.237. The molecule has 0 N–H and O–H groups in total. The molecule has 0 radical (unpaired) electrons. The number of aliphatic imine (C=N–C) groups is 1. The molecule has 0 aromatic rings. The Balaban J connectivity index is 4.19. The summed E-state index contributed by atoms with van der Waals surface area (Å²) >= 11 is 0. The molecular formula is C8H15N. The summed E-state index contributed by atoms with van der Waals surface area (Å²) in [5, 5.41) is 0. The van der Waals surface area contributed by atoms with E-state index in [0.717, 1.165) is 0 Å². The van der Waals surface area contributed by atoms with Crippen molar-refractivity contribution >= 4 is 6.72 Å². The summed E-state index contributed by atoms with van der Waals surface area (Å²) in [5.41, 5.74) is 1.50. The average molecular weight is 125 g/mol. The zero-order valence-corrected chi connectivity index (χ0v) is 6.73. The molecule has 0 aromatic carbocycles. The third-order valence-electron chi connectivity index (χ3n) is 1.47. The molecule has 0 aromatic heterocycles. The Morgan fingerprint density at radius 3 is 2.00 bits per heavy atom. The Hall–Kier alpha value is -0.590. The van der Waals surface area contributed by atoms with Gasteiger partial charge in [-0.2, -0.15) is 0 Å². The number of nitrogens with zero attached hydrogens (tertiary/aromatic N) is 1. The first-order valence-electron chi connectivity index (χ1n) is 3.11. The molecule has 0 aliphatic rings. The van der Waals surface area contributed by atoms with Gasteiger partial charge >= 0.3 is 0 Å². The summed E-state index contributed by atoms with van der Waals surface area (Å²) < 4.78 is 0. The van der Waals surface area contributed by atoms with Crippen molar-refractivity contribution in [1.82, 2.24) is 0 Å². The van der Waals surface area contributed by atoms with Crippen LogP contribution < -0.4 is 0 Å². The third kappa shape index (κ3) is 3.07. The maximum atomic E-state index is 3.69. The first-order valence-corrected chi connectivity index (χ1v) is 3.11. The normalized spacial score (nSPS) is 13.6. The zero-order valence-electron chi connectivity index (χ0n) is 6.73. The van der Waals surface area contributed by atoms with Crippen LogP contribution in [-0.4, -0.2) is 6.72 Å². The van der Waals surface area contributed by atoms with E-state index in [0.29, 0.717) is 0 Å². The van der Waals surface area contributed by atoms with Crippen LogP contribution >= 0.6 is 0 Å². The summed E-state index contributed by atoms with van der Waals surface area (Å²) in [7, 11) is 0. The van der Waals surface area contributed by atoms with Crippen molar-refractivity contribution in [2.75, 3.05) is 0 Å². The van der Waals surface area contributed by atoms with E-state index in [2.05, 4.69) is 39.4 Å². The highest BCUT2D eigenvalue weighted by molar-refractivity contribution is 5.27. The van der Waals surface area contributed by atoms with E-state index in [9.17, 15) is 0 Å². The lowest BCUT2D eigenvalue weighted by Crippen LogP contribution is -2.05. The van der Waals surface area contributed by atoms with Crippen molar-refractivity contribution in [2.24, 2.45) is 10.4 Å². The Morgan fingerprint density at radius 1 is 1.44 bits per heavy atom. The van der Waals surface area contributed by atoms with Gasteiger partial charge in [-0.3, -0.25) is 4.99 Å². The molecule has 52 valence electrons. The summed E-state index contributed by atoms with van der Waals surface area (Å²) in [5.74, 6) is 0. The second-order valence-electron chi connectivity index (χ2n) is 3.24. The fourth-order valence-corrected chi connectivity index (χ4v) is 0.331.